The molecule has 1 aliphatic carbocycles. The molecule has 0 spiro atoms. The van der Waals surface area contributed by atoms with Gasteiger partial charge in [0.15, 0.2) is 0 Å². The fourth-order valence-corrected chi connectivity index (χ4v) is 3.84. The van der Waals surface area contributed by atoms with Gasteiger partial charge in [-0.2, -0.15) is 0 Å². The number of hydrogen-bond donors (Lipinski definition) is 2. The van der Waals surface area contributed by atoms with Gasteiger partial charge in [0.1, 0.15) is 0 Å². The van der Waals surface area contributed by atoms with Gasteiger partial charge in [0.05, 0.1) is 6.10 Å². The molecule has 4 heteroatoms. The van der Waals surface area contributed by atoms with Crippen LogP contribution in [-0.4, -0.2) is 35.7 Å². The number of amides is 1. The van der Waals surface area contributed by atoms with Crippen LogP contribution in [0.25, 0.3) is 0 Å². The first-order valence-electron chi connectivity index (χ1n) is 8.95. The van der Waals surface area contributed by atoms with Crippen LogP contribution in [0.4, 0.5) is 5.69 Å². The van der Waals surface area contributed by atoms with Crippen LogP contribution in [0.3, 0.4) is 0 Å². The highest BCUT2D eigenvalue weighted by Crippen LogP contribution is 2.30. The first kappa shape index (κ1) is 16.3. The third-order valence-electron chi connectivity index (χ3n) is 5.31. The molecule has 1 atom stereocenters. The second-order valence-electron chi connectivity index (χ2n) is 7.03. The predicted octanol–water partition coefficient (Wildman–Crippen LogP) is 2.64. The molecule has 1 amide bonds. The Morgan fingerprint density at radius 1 is 1.22 bits per heavy atom. The van der Waals surface area contributed by atoms with Gasteiger partial charge in [0, 0.05) is 30.7 Å². The Morgan fingerprint density at radius 2 is 1.96 bits per heavy atom. The quantitative estimate of drug-likeness (QED) is 0.898. The number of nitrogens with zero attached hydrogens (tertiary/aromatic N) is 1. The van der Waals surface area contributed by atoms with E-state index in [2.05, 4.69) is 41.4 Å². The van der Waals surface area contributed by atoms with Gasteiger partial charge >= 0.3 is 0 Å². The number of benzene rings is 1. The molecule has 0 bridgehead atoms. The van der Waals surface area contributed by atoms with Crippen molar-refractivity contribution in [2.75, 3.05) is 11.4 Å². The summed E-state index contributed by atoms with van der Waals surface area (Å²) in [6, 6.07) is 9.28. The minimum atomic E-state index is -0.172. The highest BCUT2D eigenvalue weighted by molar-refractivity contribution is 5.77. The Bertz CT molecular complexity index is 538. The molecule has 1 fully saturated rings. The summed E-state index contributed by atoms with van der Waals surface area (Å²) in [6.07, 6.45) is 6.06. The monoisotopic (exact) mass is 316 g/mol. The van der Waals surface area contributed by atoms with Crippen molar-refractivity contribution in [3.8, 4) is 0 Å². The molecule has 1 aromatic rings. The van der Waals surface area contributed by atoms with Crippen LogP contribution < -0.4 is 10.2 Å². The molecule has 0 unspecified atom stereocenters. The molecule has 1 saturated carbocycles. The number of anilines is 1. The van der Waals surface area contributed by atoms with Gasteiger partial charge in [-0.05, 0) is 57.1 Å². The lowest BCUT2D eigenvalue weighted by molar-refractivity contribution is -0.122. The summed E-state index contributed by atoms with van der Waals surface area (Å²) in [5.74, 6) is 0.140. The van der Waals surface area contributed by atoms with E-state index in [1.54, 1.807) is 0 Å². The van der Waals surface area contributed by atoms with Gasteiger partial charge in [-0.15, -0.1) is 0 Å². The Morgan fingerprint density at radius 3 is 2.74 bits per heavy atom. The summed E-state index contributed by atoms with van der Waals surface area (Å²) in [7, 11) is 0. The summed E-state index contributed by atoms with van der Waals surface area (Å²) >= 11 is 0. The number of fused-ring (bicyclic) bond motifs is 1. The van der Waals surface area contributed by atoms with Crippen molar-refractivity contribution in [1.82, 2.24) is 5.32 Å². The number of nitrogens with one attached hydrogen (secondary N) is 1. The summed E-state index contributed by atoms with van der Waals surface area (Å²) < 4.78 is 0. The second-order valence-corrected chi connectivity index (χ2v) is 7.03. The number of aliphatic hydroxyl groups excluding tert-OH is 1. The van der Waals surface area contributed by atoms with Gasteiger partial charge in [-0.3, -0.25) is 4.79 Å². The molecule has 0 radical (unpaired) electrons. The van der Waals surface area contributed by atoms with Crippen molar-refractivity contribution in [3.05, 3.63) is 29.8 Å². The molecule has 1 aliphatic heterocycles. The van der Waals surface area contributed by atoms with Crippen molar-refractivity contribution >= 4 is 11.6 Å². The normalized spacial score (nSPS) is 27.4. The van der Waals surface area contributed by atoms with Gasteiger partial charge in [0.25, 0.3) is 0 Å². The van der Waals surface area contributed by atoms with Crippen molar-refractivity contribution < 1.29 is 9.90 Å². The van der Waals surface area contributed by atoms with Crippen molar-refractivity contribution in [2.24, 2.45) is 0 Å². The average molecular weight is 316 g/mol. The Kier molecular flexibility index (Phi) is 5.21. The van der Waals surface area contributed by atoms with E-state index >= 15 is 0 Å². The fraction of sp³-hybridized carbons (Fsp3) is 0.632. The molecule has 1 aromatic carbocycles. The molecule has 3 rings (SSSR count). The smallest absolute Gasteiger partial charge is 0.221 e. The number of carbonyl (C=O) groups excluding carboxylic acids is 1. The van der Waals surface area contributed by atoms with Crippen molar-refractivity contribution in [3.63, 3.8) is 0 Å². The third kappa shape index (κ3) is 4.05. The maximum Gasteiger partial charge on any atom is 0.221 e. The molecule has 0 aromatic heterocycles. The molecule has 1 heterocycles. The lowest BCUT2D eigenvalue weighted by atomic mass is 9.93. The number of para-hydroxylation sites is 1. The zero-order valence-corrected chi connectivity index (χ0v) is 14.0. The van der Waals surface area contributed by atoms with Crippen molar-refractivity contribution in [2.45, 2.75) is 70.1 Å². The van der Waals surface area contributed by atoms with E-state index < -0.39 is 0 Å². The minimum Gasteiger partial charge on any atom is -0.393 e. The molecule has 126 valence electrons. The largest absolute Gasteiger partial charge is 0.393 e. The van der Waals surface area contributed by atoms with E-state index in [1.165, 1.54) is 11.3 Å². The molecular formula is C19H28N2O2. The van der Waals surface area contributed by atoms with E-state index in [0.29, 0.717) is 12.5 Å². The highest BCUT2D eigenvalue weighted by atomic mass is 16.3. The summed E-state index contributed by atoms with van der Waals surface area (Å²) in [4.78, 5) is 14.6. The first-order valence-corrected chi connectivity index (χ1v) is 8.95. The van der Waals surface area contributed by atoms with Crippen LogP contribution in [-0.2, 0) is 11.2 Å². The number of rotatable bonds is 4. The van der Waals surface area contributed by atoms with Gasteiger partial charge < -0.3 is 15.3 Å². The SMILES string of the molecule is C[C@@H]1CCc2ccccc2N1CCC(=O)NC1CCC(O)CC1. The maximum atomic E-state index is 12.3. The molecule has 2 aliphatic rings. The standard InChI is InChI=1S/C19H28N2O2/c1-14-6-7-15-4-2-3-5-18(15)21(14)13-12-19(23)20-16-8-10-17(22)11-9-16/h2-5,14,16-17,22H,6-13H2,1H3,(H,20,23)/t14-,16?,17?/m1/s1. The topological polar surface area (TPSA) is 52.6 Å². The highest BCUT2D eigenvalue weighted by Gasteiger charge is 2.24. The number of carbonyl (C=O) groups is 1. The molecule has 23 heavy (non-hydrogen) atoms. The van der Waals surface area contributed by atoms with Gasteiger partial charge in [-0.1, -0.05) is 18.2 Å². The van der Waals surface area contributed by atoms with Gasteiger partial charge in [0.2, 0.25) is 5.91 Å². The zero-order chi connectivity index (χ0) is 16.2. The van der Waals surface area contributed by atoms with E-state index in [1.807, 2.05) is 0 Å². The van der Waals surface area contributed by atoms with Crippen LogP contribution in [0.1, 0.15) is 51.0 Å². The van der Waals surface area contributed by atoms with E-state index in [4.69, 9.17) is 0 Å². The summed E-state index contributed by atoms with van der Waals surface area (Å²) in [5.41, 5.74) is 2.69. The minimum absolute atomic E-state index is 0.140. The fourth-order valence-electron chi connectivity index (χ4n) is 3.84. The number of aliphatic hydroxyl groups is 1. The van der Waals surface area contributed by atoms with Crippen molar-refractivity contribution in [1.29, 1.82) is 0 Å². The summed E-state index contributed by atoms with van der Waals surface area (Å²) in [6.45, 7) is 3.02. The second kappa shape index (κ2) is 7.35. The maximum absolute atomic E-state index is 12.3. The van der Waals surface area contributed by atoms with E-state index in [0.717, 1.165) is 45.1 Å². The van der Waals surface area contributed by atoms with Gasteiger partial charge in [-0.25, -0.2) is 0 Å². The van der Waals surface area contributed by atoms with E-state index in [-0.39, 0.29) is 18.1 Å². The van der Waals surface area contributed by atoms with E-state index in [9.17, 15) is 9.90 Å². The molecule has 4 nitrogen and oxygen atoms in total. The van der Waals surface area contributed by atoms with Crippen LogP contribution in [0, 0.1) is 0 Å². The van der Waals surface area contributed by atoms with Crippen LogP contribution in [0.5, 0.6) is 0 Å². The molecular weight excluding hydrogens is 288 g/mol. The summed E-state index contributed by atoms with van der Waals surface area (Å²) in [5, 5.41) is 12.7. The Labute approximate surface area is 138 Å². The average Bonchev–Trinajstić information content (AvgIpc) is 2.56. The van der Waals surface area contributed by atoms with Crippen LogP contribution in [0.15, 0.2) is 24.3 Å². The predicted molar refractivity (Wildman–Crippen MR) is 92.6 cm³/mol. The molecule has 0 saturated heterocycles. The third-order valence-corrected chi connectivity index (χ3v) is 5.31. The molecule has 2 N–H and O–H groups in total. The zero-order valence-electron chi connectivity index (χ0n) is 14.0. The lowest BCUT2D eigenvalue weighted by Gasteiger charge is -2.37. The lowest BCUT2D eigenvalue weighted by Crippen LogP contribution is -2.42. The Balaban J connectivity index is 1.52. The van der Waals surface area contributed by atoms with Crippen LogP contribution in [0.2, 0.25) is 0 Å². The number of hydrogen-bond acceptors (Lipinski definition) is 3. The number of aryl methyl sites for hydroxylation is 1. The Hall–Kier alpha value is -1.55. The first-order chi connectivity index (χ1) is 11.1. The van der Waals surface area contributed by atoms with Crippen LogP contribution >= 0.6 is 0 Å².